The summed E-state index contributed by atoms with van der Waals surface area (Å²) in [6.45, 7) is 3.87. The topological polar surface area (TPSA) is 104 Å². The minimum absolute atomic E-state index is 0.000267. The van der Waals surface area contributed by atoms with Gasteiger partial charge >= 0.3 is 0 Å². The van der Waals surface area contributed by atoms with Gasteiger partial charge in [-0.2, -0.15) is 0 Å². The van der Waals surface area contributed by atoms with Crippen molar-refractivity contribution in [2.45, 2.75) is 75.9 Å². The Kier molecular flexibility index (Phi) is 7.78. The number of nitrogens with zero attached hydrogens (tertiary/aromatic N) is 2. The first-order chi connectivity index (χ1) is 17.2. The summed E-state index contributed by atoms with van der Waals surface area (Å²) in [5.41, 5.74) is 2.12. The van der Waals surface area contributed by atoms with Crippen molar-refractivity contribution in [2.75, 3.05) is 6.54 Å². The van der Waals surface area contributed by atoms with Gasteiger partial charge in [0.15, 0.2) is 0 Å². The van der Waals surface area contributed by atoms with Gasteiger partial charge in [-0.15, -0.1) is 0 Å². The monoisotopic (exact) mass is 511 g/mol. The lowest BCUT2D eigenvalue weighted by molar-refractivity contribution is -0.141. The summed E-state index contributed by atoms with van der Waals surface area (Å²) in [4.78, 5) is 40.6. The smallest absolute Gasteiger partial charge is 0.269 e. The molecule has 1 aliphatic carbocycles. The fourth-order valence-electron chi connectivity index (χ4n) is 4.92. The van der Waals surface area contributed by atoms with E-state index in [-0.39, 0.29) is 54.2 Å². The molecule has 1 heterocycles. The average molecular weight is 512 g/mol. The third-order valence-electron chi connectivity index (χ3n) is 7.13. The molecule has 4 rings (SSSR count). The molecule has 0 unspecified atom stereocenters. The van der Waals surface area contributed by atoms with Crippen molar-refractivity contribution in [1.29, 1.82) is 0 Å². The minimum Gasteiger partial charge on any atom is -0.352 e. The Bertz CT molecular complexity index is 1250. The third-order valence-corrected chi connectivity index (χ3v) is 8.98. The Hall–Kier alpha value is -3.20. The number of nitrogens with one attached hydrogen (secondary N) is 1. The molecule has 0 spiro atoms. The van der Waals surface area contributed by atoms with Crippen LogP contribution in [0.1, 0.15) is 66.9 Å². The molecule has 2 aromatic carbocycles. The fourth-order valence-corrected chi connectivity index (χ4v) is 6.52. The van der Waals surface area contributed by atoms with E-state index in [1.807, 2.05) is 31.2 Å². The zero-order valence-corrected chi connectivity index (χ0v) is 21.6. The van der Waals surface area contributed by atoms with E-state index in [0.29, 0.717) is 0 Å². The summed E-state index contributed by atoms with van der Waals surface area (Å²) in [5.74, 6) is -1.01. The van der Waals surface area contributed by atoms with Gasteiger partial charge in [0.1, 0.15) is 10.9 Å². The molecule has 36 heavy (non-hydrogen) atoms. The average Bonchev–Trinajstić information content (AvgIpc) is 3.44. The molecule has 2 aromatic rings. The predicted octanol–water partition coefficient (Wildman–Crippen LogP) is 3.40. The molecule has 1 aliphatic heterocycles. The number of sulfonamides is 1. The van der Waals surface area contributed by atoms with Crippen LogP contribution in [0.25, 0.3) is 0 Å². The van der Waals surface area contributed by atoms with Gasteiger partial charge in [-0.25, -0.2) is 12.7 Å². The number of hydrogen-bond donors (Lipinski definition) is 1. The van der Waals surface area contributed by atoms with Crippen molar-refractivity contribution in [2.24, 2.45) is 0 Å². The second kappa shape index (κ2) is 10.8. The molecule has 8 nitrogen and oxygen atoms in total. The zero-order chi connectivity index (χ0) is 25.9. The number of aryl methyl sites for hydroxylation is 1. The quantitative estimate of drug-likeness (QED) is 0.556. The van der Waals surface area contributed by atoms with Crippen LogP contribution >= 0.6 is 0 Å². The molecular weight excluding hydrogens is 478 g/mol. The lowest BCUT2D eigenvalue weighted by Crippen LogP contribution is -2.49. The van der Waals surface area contributed by atoms with E-state index in [4.69, 9.17) is 0 Å². The maximum atomic E-state index is 13.4. The van der Waals surface area contributed by atoms with Crippen molar-refractivity contribution in [3.05, 3.63) is 65.2 Å². The lowest BCUT2D eigenvalue weighted by Gasteiger charge is -2.30. The Morgan fingerprint density at radius 2 is 1.75 bits per heavy atom. The summed E-state index contributed by atoms with van der Waals surface area (Å²) in [7, 11) is -3.92. The fraction of sp³-hybridized carbons (Fsp3) is 0.444. The summed E-state index contributed by atoms with van der Waals surface area (Å²) in [6.07, 6.45) is 4.26. The van der Waals surface area contributed by atoms with Crippen LogP contribution in [0.5, 0.6) is 0 Å². The molecule has 1 N–H and O–H groups in total. The molecule has 1 atom stereocenters. The lowest BCUT2D eigenvalue weighted by atomic mass is 10.1. The molecule has 3 amide bonds. The molecule has 0 aromatic heterocycles. The molecule has 0 radical (unpaired) electrons. The molecule has 192 valence electrons. The van der Waals surface area contributed by atoms with Crippen LogP contribution in [0.15, 0.2) is 53.4 Å². The van der Waals surface area contributed by atoms with Crippen LogP contribution in [0.3, 0.4) is 0 Å². The van der Waals surface area contributed by atoms with Gasteiger partial charge in [0, 0.05) is 25.6 Å². The predicted molar refractivity (Wildman–Crippen MR) is 135 cm³/mol. The zero-order valence-electron chi connectivity index (χ0n) is 20.8. The summed E-state index contributed by atoms with van der Waals surface area (Å²) < 4.78 is 26.4. The number of amides is 3. The Labute approximate surface area is 212 Å². The molecule has 1 saturated carbocycles. The van der Waals surface area contributed by atoms with E-state index in [0.717, 1.165) is 41.1 Å². The van der Waals surface area contributed by atoms with Crippen LogP contribution in [0, 0.1) is 6.92 Å². The molecule has 0 saturated heterocycles. The van der Waals surface area contributed by atoms with Crippen LogP contribution in [0.2, 0.25) is 0 Å². The van der Waals surface area contributed by atoms with E-state index in [1.54, 1.807) is 24.0 Å². The molecule has 1 fully saturated rings. The second-order valence-electron chi connectivity index (χ2n) is 9.60. The number of fused-ring (bicyclic) bond motifs is 1. The number of carbonyl (C=O) groups excluding carboxylic acids is 3. The highest BCUT2D eigenvalue weighted by atomic mass is 32.2. The van der Waals surface area contributed by atoms with Crippen molar-refractivity contribution < 1.29 is 22.8 Å². The largest absolute Gasteiger partial charge is 0.352 e. The molecule has 0 bridgehead atoms. The summed E-state index contributed by atoms with van der Waals surface area (Å²) in [5, 5.41) is 3.08. The van der Waals surface area contributed by atoms with Crippen LogP contribution in [-0.2, 0) is 26.2 Å². The molecule has 9 heteroatoms. The first-order valence-corrected chi connectivity index (χ1v) is 13.9. The Balaban J connectivity index is 1.44. The first-order valence-electron chi connectivity index (χ1n) is 12.5. The van der Waals surface area contributed by atoms with E-state index >= 15 is 0 Å². The van der Waals surface area contributed by atoms with Crippen molar-refractivity contribution in [3.63, 3.8) is 0 Å². The van der Waals surface area contributed by atoms with E-state index in [2.05, 4.69) is 5.32 Å². The Morgan fingerprint density at radius 1 is 1.08 bits per heavy atom. The normalized spacial score (nSPS) is 17.6. The van der Waals surface area contributed by atoms with Crippen molar-refractivity contribution in [3.8, 4) is 0 Å². The summed E-state index contributed by atoms with van der Waals surface area (Å²) in [6, 6.07) is 13.3. The van der Waals surface area contributed by atoms with Crippen molar-refractivity contribution in [1.82, 2.24) is 14.5 Å². The van der Waals surface area contributed by atoms with Gasteiger partial charge in [-0.3, -0.25) is 14.4 Å². The third kappa shape index (κ3) is 5.31. The maximum absolute atomic E-state index is 13.4. The van der Waals surface area contributed by atoms with Crippen molar-refractivity contribution >= 4 is 27.7 Å². The van der Waals surface area contributed by atoms with Gasteiger partial charge in [0.05, 0.1) is 5.56 Å². The number of carbonyl (C=O) groups is 3. The number of benzene rings is 2. The van der Waals surface area contributed by atoms with Gasteiger partial charge in [-0.05, 0) is 56.4 Å². The first kappa shape index (κ1) is 25.9. The molecule has 2 aliphatic rings. The van der Waals surface area contributed by atoms with Crippen LogP contribution < -0.4 is 5.32 Å². The van der Waals surface area contributed by atoms with E-state index in [1.165, 1.54) is 12.1 Å². The van der Waals surface area contributed by atoms with E-state index in [9.17, 15) is 22.8 Å². The number of hydrogen-bond acceptors (Lipinski definition) is 5. The second-order valence-corrected chi connectivity index (χ2v) is 11.4. The van der Waals surface area contributed by atoms with Gasteiger partial charge in [0.2, 0.25) is 11.8 Å². The highest BCUT2D eigenvalue weighted by molar-refractivity contribution is 7.90. The summed E-state index contributed by atoms with van der Waals surface area (Å²) >= 11 is 0. The highest BCUT2D eigenvalue weighted by Crippen LogP contribution is 2.30. The SMILES string of the molecule is Cc1ccccc1CN(C(=O)CCCN1C(=O)c2ccccc2S1(=O)=O)[C@@H](C)C(=O)NC1CCCC1. The minimum atomic E-state index is -3.92. The molecular formula is C27H33N3O5S. The number of rotatable bonds is 9. The Morgan fingerprint density at radius 3 is 2.44 bits per heavy atom. The highest BCUT2D eigenvalue weighted by Gasteiger charge is 2.40. The van der Waals surface area contributed by atoms with Gasteiger partial charge < -0.3 is 10.2 Å². The van der Waals surface area contributed by atoms with Gasteiger partial charge in [-0.1, -0.05) is 49.2 Å². The van der Waals surface area contributed by atoms with Crippen LogP contribution in [-0.4, -0.2) is 54.0 Å². The van der Waals surface area contributed by atoms with Crippen LogP contribution in [0.4, 0.5) is 0 Å². The standard InChI is InChI=1S/C27H33N3O5S/c1-19-10-3-4-11-21(19)18-29(20(2)26(32)28-22-12-5-6-13-22)25(31)16-9-17-30-27(33)23-14-7-8-15-24(23)36(30,34)35/h3-4,7-8,10-11,14-15,20,22H,5-6,9,12-13,16-18H2,1-2H3,(H,28,32)/t20-/m0/s1. The van der Waals surface area contributed by atoms with Gasteiger partial charge in [0.25, 0.3) is 15.9 Å². The maximum Gasteiger partial charge on any atom is 0.269 e. The van der Waals surface area contributed by atoms with E-state index < -0.39 is 22.0 Å².